The Bertz CT molecular complexity index is 662. The molecule has 0 aliphatic carbocycles. The smallest absolute Gasteiger partial charge is 0.186 e. The minimum absolute atomic E-state index is 0.0356. The molecule has 0 unspecified atom stereocenters. The summed E-state index contributed by atoms with van der Waals surface area (Å²) < 4.78 is 54.9. The highest BCUT2D eigenvalue weighted by atomic mass is 32.1. The van der Waals surface area contributed by atoms with Gasteiger partial charge in [-0.25, -0.2) is 17.6 Å². The van der Waals surface area contributed by atoms with Crippen molar-refractivity contribution in [1.29, 1.82) is 0 Å². The summed E-state index contributed by atoms with van der Waals surface area (Å²) in [6.07, 6.45) is 1.45. The number of benzene rings is 1. The van der Waals surface area contributed by atoms with Gasteiger partial charge in [0.25, 0.3) is 0 Å². The first kappa shape index (κ1) is 13.8. The number of nitrogens with zero attached hydrogens (tertiary/aromatic N) is 1. The SMILES string of the molecule is CC(C)c1c[nH]c(=S)n1-c1c(F)c(F)cc(F)c1F. The van der Waals surface area contributed by atoms with Crippen LogP contribution in [0, 0.1) is 28.0 Å². The Balaban J connectivity index is 2.87. The van der Waals surface area contributed by atoms with Crippen molar-refractivity contribution in [2.45, 2.75) is 19.8 Å². The van der Waals surface area contributed by atoms with E-state index in [1.807, 2.05) is 0 Å². The molecule has 19 heavy (non-hydrogen) atoms. The third kappa shape index (κ3) is 2.18. The molecule has 0 bridgehead atoms. The van der Waals surface area contributed by atoms with E-state index in [1.165, 1.54) is 6.20 Å². The molecule has 7 heteroatoms. The van der Waals surface area contributed by atoms with Crippen LogP contribution >= 0.6 is 12.2 Å². The Morgan fingerprint density at radius 1 is 1.11 bits per heavy atom. The molecule has 1 aromatic heterocycles. The molecule has 0 radical (unpaired) electrons. The number of aromatic nitrogens is 2. The van der Waals surface area contributed by atoms with Crippen molar-refractivity contribution in [3.8, 4) is 5.69 Å². The van der Waals surface area contributed by atoms with E-state index in [2.05, 4.69) is 4.98 Å². The fraction of sp³-hybridized carbons (Fsp3) is 0.250. The molecule has 1 heterocycles. The van der Waals surface area contributed by atoms with Gasteiger partial charge in [0.2, 0.25) is 0 Å². The van der Waals surface area contributed by atoms with Crippen LogP contribution in [0.25, 0.3) is 5.69 Å². The maximum Gasteiger partial charge on any atom is 0.186 e. The Labute approximate surface area is 111 Å². The first-order chi connectivity index (χ1) is 8.84. The fourth-order valence-electron chi connectivity index (χ4n) is 1.79. The van der Waals surface area contributed by atoms with Gasteiger partial charge in [0.15, 0.2) is 28.0 Å². The summed E-state index contributed by atoms with van der Waals surface area (Å²) in [5.41, 5.74) is -0.416. The average Bonchev–Trinajstić information content (AvgIpc) is 2.70. The van der Waals surface area contributed by atoms with Crippen LogP contribution in [0.5, 0.6) is 0 Å². The van der Waals surface area contributed by atoms with Gasteiger partial charge < -0.3 is 4.98 Å². The molecule has 1 aromatic carbocycles. The minimum atomic E-state index is -1.48. The first-order valence-corrected chi connectivity index (χ1v) is 5.89. The summed E-state index contributed by atoms with van der Waals surface area (Å²) in [4.78, 5) is 2.61. The number of hydrogen-bond acceptors (Lipinski definition) is 1. The third-order valence-electron chi connectivity index (χ3n) is 2.71. The molecule has 1 N–H and O–H groups in total. The summed E-state index contributed by atoms with van der Waals surface area (Å²) >= 11 is 4.91. The monoisotopic (exact) mass is 290 g/mol. The van der Waals surface area contributed by atoms with E-state index in [0.29, 0.717) is 5.69 Å². The van der Waals surface area contributed by atoms with Crippen molar-refractivity contribution < 1.29 is 17.6 Å². The fourth-order valence-corrected chi connectivity index (χ4v) is 2.05. The topological polar surface area (TPSA) is 20.7 Å². The lowest BCUT2D eigenvalue weighted by atomic mass is 10.1. The second-order valence-electron chi connectivity index (χ2n) is 4.33. The third-order valence-corrected chi connectivity index (χ3v) is 3.01. The highest BCUT2D eigenvalue weighted by molar-refractivity contribution is 7.71. The van der Waals surface area contributed by atoms with Crippen molar-refractivity contribution in [3.05, 3.63) is 46.0 Å². The number of H-pyrrole nitrogens is 1. The summed E-state index contributed by atoms with van der Waals surface area (Å²) in [5, 5.41) is 0. The van der Waals surface area contributed by atoms with Crippen LogP contribution in [-0.4, -0.2) is 9.55 Å². The first-order valence-electron chi connectivity index (χ1n) is 5.48. The van der Waals surface area contributed by atoms with Gasteiger partial charge in [-0.3, -0.25) is 4.57 Å². The van der Waals surface area contributed by atoms with Gasteiger partial charge in [-0.15, -0.1) is 0 Å². The number of aromatic amines is 1. The number of halogens is 4. The number of nitrogens with one attached hydrogen (secondary N) is 1. The molecule has 2 nitrogen and oxygen atoms in total. The minimum Gasteiger partial charge on any atom is -0.337 e. The molecule has 0 aliphatic rings. The van der Waals surface area contributed by atoms with Gasteiger partial charge in [-0.05, 0) is 18.1 Å². The van der Waals surface area contributed by atoms with Crippen LogP contribution in [0.2, 0.25) is 0 Å². The maximum absolute atomic E-state index is 13.8. The zero-order chi connectivity index (χ0) is 14.3. The highest BCUT2D eigenvalue weighted by Crippen LogP contribution is 2.27. The number of hydrogen-bond donors (Lipinski definition) is 1. The van der Waals surface area contributed by atoms with Crippen LogP contribution in [0.1, 0.15) is 25.5 Å². The Morgan fingerprint density at radius 2 is 1.63 bits per heavy atom. The molecule has 0 spiro atoms. The summed E-state index contributed by atoms with van der Waals surface area (Å²) in [6.45, 7) is 3.53. The molecular weight excluding hydrogens is 280 g/mol. The van der Waals surface area contributed by atoms with E-state index in [9.17, 15) is 17.6 Å². The molecule has 0 saturated heterocycles. The van der Waals surface area contributed by atoms with E-state index in [4.69, 9.17) is 12.2 Å². The highest BCUT2D eigenvalue weighted by Gasteiger charge is 2.23. The zero-order valence-electron chi connectivity index (χ0n) is 10.1. The van der Waals surface area contributed by atoms with Crippen LogP contribution in [-0.2, 0) is 0 Å². The van der Waals surface area contributed by atoms with Crippen molar-refractivity contribution in [2.24, 2.45) is 0 Å². The van der Waals surface area contributed by atoms with Crippen molar-refractivity contribution >= 4 is 12.2 Å². The van der Waals surface area contributed by atoms with E-state index in [1.54, 1.807) is 13.8 Å². The van der Waals surface area contributed by atoms with E-state index in [0.717, 1.165) is 4.57 Å². The van der Waals surface area contributed by atoms with Crippen LogP contribution < -0.4 is 0 Å². The lowest BCUT2D eigenvalue weighted by Gasteiger charge is -2.13. The Kier molecular flexibility index (Phi) is 3.49. The summed E-state index contributed by atoms with van der Waals surface area (Å²) in [5.74, 6) is -6.02. The second-order valence-corrected chi connectivity index (χ2v) is 4.71. The molecule has 0 fully saturated rings. The molecule has 2 aromatic rings. The molecule has 2 rings (SSSR count). The van der Waals surface area contributed by atoms with Gasteiger partial charge in [0, 0.05) is 18.0 Å². The van der Waals surface area contributed by atoms with Crippen LogP contribution in [0.3, 0.4) is 0 Å². The maximum atomic E-state index is 13.8. The molecule has 102 valence electrons. The quantitative estimate of drug-likeness (QED) is 0.499. The van der Waals surface area contributed by atoms with Gasteiger partial charge in [-0.2, -0.15) is 0 Å². The number of imidazole rings is 1. The number of rotatable bonds is 2. The van der Waals surface area contributed by atoms with E-state index >= 15 is 0 Å². The predicted octanol–water partition coefficient (Wildman–Crippen LogP) is 4.21. The van der Waals surface area contributed by atoms with Gasteiger partial charge in [0.05, 0.1) is 0 Å². The second kappa shape index (κ2) is 4.80. The molecule has 0 amide bonds. The Morgan fingerprint density at radius 3 is 2.11 bits per heavy atom. The van der Waals surface area contributed by atoms with Gasteiger partial charge in [0.1, 0.15) is 5.69 Å². The molecule has 0 atom stereocenters. The Hall–Kier alpha value is -1.63. The van der Waals surface area contributed by atoms with E-state index in [-0.39, 0.29) is 16.8 Å². The lowest BCUT2D eigenvalue weighted by molar-refractivity contribution is 0.446. The molecule has 0 aliphatic heterocycles. The standard InChI is InChI=1S/C12H10F4N2S/c1-5(2)8-4-17-12(19)18(8)11-9(15)6(13)3-7(14)10(11)16/h3-5H,1-2H3,(H,17,19). The van der Waals surface area contributed by atoms with Crippen molar-refractivity contribution in [1.82, 2.24) is 9.55 Å². The lowest BCUT2D eigenvalue weighted by Crippen LogP contribution is -2.10. The normalized spacial score (nSPS) is 11.3. The predicted molar refractivity (Wildman–Crippen MR) is 64.9 cm³/mol. The zero-order valence-corrected chi connectivity index (χ0v) is 10.9. The van der Waals surface area contributed by atoms with E-state index < -0.39 is 29.0 Å². The van der Waals surface area contributed by atoms with Crippen molar-refractivity contribution in [3.63, 3.8) is 0 Å². The largest absolute Gasteiger partial charge is 0.337 e. The van der Waals surface area contributed by atoms with Gasteiger partial charge >= 0.3 is 0 Å². The van der Waals surface area contributed by atoms with Crippen molar-refractivity contribution in [2.75, 3.05) is 0 Å². The molecule has 0 saturated carbocycles. The van der Waals surface area contributed by atoms with Crippen LogP contribution in [0.4, 0.5) is 17.6 Å². The summed E-state index contributed by atoms with van der Waals surface area (Å²) in [6, 6.07) is 0.166. The molecular formula is C12H10F4N2S. The van der Waals surface area contributed by atoms with Crippen LogP contribution in [0.15, 0.2) is 12.3 Å². The van der Waals surface area contributed by atoms with Gasteiger partial charge in [-0.1, -0.05) is 13.8 Å². The average molecular weight is 290 g/mol. The summed E-state index contributed by atoms with van der Waals surface area (Å²) in [7, 11) is 0.